The van der Waals surface area contributed by atoms with Gasteiger partial charge in [0.05, 0.1) is 17.7 Å². The standard InChI is InChI=1S/C29H33ClN2O3/c1-20-8-4-6-10-24(20)28(33)25-13-12-22(18-26(25)30)32-27-11-7-5-9-21(27)14-16-31-19-23-15-17-34-29(2,3)35-23/h4-13,18,23,31-32H,14-17,19H2,1-3H3. The normalized spacial score (nSPS) is 17.2. The number of benzene rings is 3. The molecule has 1 saturated heterocycles. The second-order valence-corrected chi connectivity index (χ2v) is 9.76. The molecule has 1 unspecified atom stereocenters. The molecule has 1 atom stereocenters. The lowest BCUT2D eigenvalue weighted by Crippen LogP contribution is -2.44. The minimum Gasteiger partial charge on any atom is -0.355 e. The summed E-state index contributed by atoms with van der Waals surface area (Å²) < 4.78 is 11.6. The lowest BCUT2D eigenvalue weighted by molar-refractivity contribution is -0.271. The van der Waals surface area contributed by atoms with E-state index < -0.39 is 5.79 Å². The fourth-order valence-electron chi connectivity index (χ4n) is 4.33. The SMILES string of the molecule is Cc1ccccc1C(=O)c1ccc(Nc2ccccc2CCNCC2CCOC(C)(C)O2)cc1Cl. The van der Waals surface area contributed by atoms with E-state index in [-0.39, 0.29) is 11.9 Å². The Labute approximate surface area is 212 Å². The van der Waals surface area contributed by atoms with Gasteiger partial charge in [-0.3, -0.25) is 4.79 Å². The van der Waals surface area contributed by atoms with Crippen LogP contribution in [0.15, 0.2) is 66.7 Å². The molecule has 1 aliphatic heterocycles. The molecular formula is C29H33ClN2O3. The van der Waals surface area contributed by atoms with Crippen LogP contribution in [-0.2, 0) is 15.9 Å². The van der Waals surface area contributed by atoms with E-state index in [1.54, 1.807) is 6.07 Å². The van der Waals surface area contributed by atoms with Gasteiger partial charge in [0.25, 0.3) is 0 Å². The number of anilines is 2. The lowest BCUT2D eigenvalue weighted by Gasteiger charge is -2.36. The topological polar surface area (TPSA) is 59.6 Å². The zero-order chi connectivity index (χ0) is 24.8. The molecule has 0 spiro atoms. The Hall–Kier alpha value is -2.70. The third kappa shape index (κ3) is 6.71. The fraction of sp³-hybridized carbons (Fsp3) is 0.345. The minimum absolute atomic E-state index is 0.0666. The summed E-state index contributed by atoms with van der Waals surface area (Å²) in [6.45, 7) is 8.21. The molecule has 1 heterocycles. The Bertz CT molecular complexity index is 1180. The van der Waals surface area contributed by atoms with Crippen molar-refractivity contribution in [3.8, 4) is 0 Å². The molecule has 35 heavy (non-hydrogen) atoms. The second kappa shape index (κ2) is 11.4. The molecule has 0 aliphatic carbocycles. The molecule has 0 radical (unpaired) electrons. The van der Waals surface area contributed by atoms with Crippen molar-refractivity contribution in [3.05, 3.63) is 94.0 Å². The van der Waals surface area contributed by atoms with Gasteiger partial charge in [0.15, 0.2) is 11.6 Å². The summed E-state index contributed by atoms with van der Waals surface area (Å²) in [5.74, 6) is -0.578. The van der Waals surface area contributed by atoms with E-state index in [4.69, 9.17) is 21.1 Å². The molecule has 0 bridgehead atoms. The largest absolute Gasteiger partial charge is 0.355 e. The molecule has 6 heteroatoms. The highest BCUT2D eigenvalue weighted by molar-refractivity contribution is 6.35. The van der Waals surface area contributed by atoms with E-state index >= 15 is 0 Å². The van der Waals surface area contributed by atoms with Crippen LogP contribution in [0.5, 0.6) is 0 Å². The second-order valence-electron chi connectivity index (χ2n) is 9.35. The van der Waals surface area contributed by atoms with Crippen molar-refractivity contribution in [2.24, 2.45) is 0 Å². The first kappa shape index (κ1) is 25.4. The lowest BCUT2D eigenvalue weighted by atomic mass is 9.99. The van der Waals surface area contributed by atoms with E-state index in [2.05, 4.69) is 22.8 Å². The molecule has 2 N–H and O–H groups in total. The van der Waals surface area contributed by atoms with Crippen LogP contribution in [0.3, 0.4) is 0 Å². The first-order valence-corrected chi connectivity index (χ1v) is 12.5. The van der Waals surface area contributed by atoms with Gasteiger partial charge in [-0.1, -0.05) is 54.1 Å². The van der Waals surface area contributed by atoms with Gasteiger partial charge in [-0.05, 0) is 75.5 Å². The Morgan fingerprint density at radius 3 is 2.60 bits per heavy atom. The van der Waals surface area contributed by atoms with Crippen molar-refractivity contribution in [2.75, 3.05) is 25.0 Å². The van der Waals surface area contributed by atoms with Gasteiger partial charge < -0.3 is 20.1 Å². The fourth-order valence-corrected chi connectivity index (χ4v) is 4.59. The summed E-state index contributed by atoms with van der Waals surface area (Å²) in [5, 5.41) is 7.41. The number of carbonyl (C=O) groups is 1. The number of ether oxygens (including phenoxy) is 2. The number of hydrogen-bond acceptors (Lipinski definition) is 5. The minimum atomic E-state index is -0.511. The summed E-state index contributed by atoms with van der Waals surface area (Å²) in [5.41, 5.74) is 5.17. The Morgan fingerprint density at radius 2 is 1.83 bits per heavy atom. The van der Waals surface area contributed by atoms with Crippen LogP contribution in [0.1, 0.15) is 47.3 Å². The van der Waals surface area contributed by atoms with Crippen LogP contribution in [-0.4, -0.2) is 37.4 Å². The summed E-state index contributed by atoms with van der Waals surface area (Å²) >= 11 is 6.54. The molecule has 0 saturated carbocycles. The maximum absolute atomic E-state index is 13.0. The number of nitrogens with one attached hydrogen (secondary N) is 2. The number of para-hydroxylation sites is 1. The number of rotatable bonds is 9. The number of aryl methyl sites for hydroxylation is 1. The zero-order valence-electron chi connectivity index (χ0n) is 20.6. The third-order valence-corrected chi connectivity index (χ3v) is 6.50. The smallest absolute Gasteiger partial charge is 0.194 e. The van der Waals surface area contributed by atoms with E-state index in [1.807, 2.05) is 69.3 Å². The summed E-state index contributed by atoms with van der Waals surface area (Å²) in [7, 11) is 0. The first-order valence-electron chi connectivity index (χ1n) is 12.1. The summed E-state index contributed by atoms with van der Waals surface area (Å²) in [4.78, 5) is 13.0. The molecule has 1 aliphatic rings. The average molecular weight is 493 g/mol. The van der Waals surface area contributed by atoms with Crippen molar-refractivity contribution in [1.82, 2.24) is 5.32 Å². The number of carbonyl (C=O) groups excluding carboxylic acids is 1. The number of ketones is 1. The van der Waals surface area contributed by atoms with Crippen LogP contribution in [0.4, 0.5) is 11.4 Å². The molecule has 0 aromatic heterocycles. The molecule has 3 aromatic carbocycles. The predicted octanol–water partition coefficient (Wildman–Crippen LogP) is 6.30. The predicted molar refractivity (Wildman–Crippen MR) is 142 cm³/mol. The summed E-state index contributed by atoms with van der Waals surface area (Å²) in [6, 6.07) is 21.3. The van der Waals surface area contributed by atoms with E-state index in [1.165, 1.54) is 5.56 Å². The van der Waals surface area contributed by atoms with Gasteiger partial charge in [0, 0.05) is 29.0 Å². The Balaban J connectivity index is 1.37. The molecule has 184 valence electrons. The highest BCUT2D eigenvalue weighted by Crippen LogP contribution is 2.28. The van der Waals surface area contributed by atoms with Crippen molar-refractivity contribution >= 4 is 28.8 Å². The third-order valence-electron chi connectivity index (χ3n) is 6.18. The number of halogens is 1. The first-order chi connectivity index (χ1) is 16.8. The summed E-state index contributed by atoms with van der Waals surface area (Å²) in [6.07, 6.45) is 1.93. The van der Waals surface area contributed by atoms with Gasteiger partial charge in [-0.25, -0.2) is 0 Å². The highest BCUT2D eigenvalue weighted by atomic mass is 35.5. The molecular weight excluding hydrogens is 460 g/mol. The van der Waals surface area contributed by atoms with Crippen molar-refractivity contribution in [3.63, 3.8) is 0 Å². The van der Waals surface area contributed by atoms with Gasteiger partial charge in [-0.15, -0.1) is 0 Å². The maximum atomic E-state index is 13.0. The van der Waals surface area contributed by atoms with Crippen LogP contribution >= 0.6 is 11.6 Å². The molecule has 5 nitrogen and oxygen atoms in total. The number of hydrogen-bond donors (Lipinski definition) is 2. The van der Waals surface area contributed by atoms with Crippen LogP contribution in [0, 0.1) is 6.92 Å². The van der Waals surface area contributed by atoms with Crippen LogP contribution in [0.2, 0.25) is 5.02 Å². The van der Waals surface area contributed by atoms with Crippen LogP contribution in [0.25, 0.3) is 0 Å². The Morgan fingerprint density at radius 1 is 1.06 bits per heavy atom. The maximum Gasteiger partial charge on any atom is 0.194 e. The highest BCUT2D eigenvalue weighted by Gasteiger charge is 2.28. The monoisotopic (exact) mass is 492 g/mol. The van der Waals surface area contributed by atoms with Crippen LogP contribution < -0.4 is 10.6 Å². The quantitative estimate of drug-likeness (QED) is 0.271. The van der Waals surface area contributed by atoms with Gasteiger partial charge in [-0.2, -0.15) is 0 Å². The molecule has 3 aromatic rings. The van der Waals surface area contributed by atoms with Gasteiger partial charge in [0.1, 0.15) is 0 Å². The molecule has 0 amide bonds. The Kier molecular flexibility index (Phi) is 8.24. The molecule has 4 rings (SSSR count). The van der Waals surface area contributed by atoms with E-state index in [0.29, 0.717) is 16.1 Å². The van der Waals surface area contributed by atoms with Gasteiger partial charge >= 0.3 is 0 Å². The average Bonchev–Trinajstić information content (AvgIpc) is 2.82. The van der Waals surface area contributed by atoms with Crippen molar-refractivity contribution in [1.29, 1.82) is 0 Å². The van der Waals surface area contributed by atoms with E-state index in [9.17, 15) is 4.79 Å². The van der Waals surface area contributed by atoms with Gasteiger partial charge in [0.2, 0.25) is 0 Å². The van der Waals surface area contributed by atoms with Crippen molar-refractivity contribution < 1.29 is 14.3 Å². The van der Waals surface area contributed by atoms with Crippen molar-refractivity contribution in [2.45, 2.75) is 45.5 Å². The zero-order valence-corrected chi connectivity index (χ0v) is 21.3. The van der Waals surface area contributed by atoms with E-state index in [0.717, 1.165) is 49.5 Å². The molecule has 1 fully saturated rings.